The fraction of sp³-hybridized carbons (Fsp3) is 0.636. The third-order valence-corrected chi connectivity index (χ3v) is 2.27. The van der Waals surface area contributed by atoms with E-state index in [1.54, 1.807) is 6.92 Å². The molecule has 1 aromatic rings. The summed E-state index contributed by atoms with van der Waals surface area (Å²) in [5, 5.41) is 14.0. The van der Waals surface area contributed by atoms with Crippen LogP contribution in [0.25, 0.3) is 0 Å². The lowest BCUT2D eigenvalue weighted by atomic mass is 10.1. The van der Waals surface area contributed by atoms with Gasteiger partial charge in [0.2, 0.25) is 5.82 Å². The first-order valence-corrected chi connectivity index (χ1v) is 5.92. The van der Waals surface area contributed by atoms with E-state index in [9.17, 15) is 10.1 Å². The number of rotatable bonds is 7. The van der Waals surface area contributed by atoms with Crippen molar-refractivity contribution in [3.8, 4) is 5.88 Å². The Balaban J connectivity index is 2.88. The molecule has 18 heavy (non-hydrogen) atoms. The van der Waals surface area contributed by atoms with Crippen LogP contribution in [-0.2, 0) is 0 Å². The Labute approximate surface area is 106 Å². The lowest BCUT2D eigenvalue weighted by Crippen LogP contribution is -2.10. The van der Waals surface area contributed by atoms with Gasteiger partial charge in [-0.3, -0.25) is 10.1 Å². The third kappa shape index (κ3) is 3.83. The molecule has 1 rings (SSSR count). The fourth-order valence-corrected chi connectivity index (χ4v) is 1.38. The lowest BCUT2D eigenvalue weighted by molar-refractivity contribution is -0.385. The summed E-state index contributed by atoms with van der Waals surface area (Å²) in [7, 11) is 0. The fourth-order valence-electron chi connectivity index (χ4n) is 1.38. The number of hydrogen-bond donors (Lipinski definition) is 1. The molecule has 0 atom stereocenters. The first-order valence-electron chi connectivity index (χ1n) is 5.92. The first-order chi connectivity index (χ1) is 8.56. The summed E-state index contributed by atoms with van der Waals surface area (Å²) >= 11 is 0. The first kappa shape index (κ1) is 14.1. The van der Waals surface area contributed by atoms with E-state index in [4.69, 9.17) is 4.74 Å². The van der Waals surface area contributed by atoms with Crippen LogP contribution in [0.4, 0.5) is 11.5 Å². The Kier molecular flexibility index (Phi) is 5.29. The topological polar surface area (TPSA) is 90.2 Å². The van der Waals surface area contributed by atoms with Crippen molar-refractivity contribution in [3.63, 3.8) is 0 Å². The summed E-state index contributed by atoms with van der Waals surface area (Å²) in [4.78, 5) is 18.2. The average molecular weight is 254 g/mol. The van der Waals surface area contributed by atoms with E-state index in [1.165, 1.54) is 6.33 Å². The maximum absolute atomic E-state index is 11.0. The van der Waals surface area contributed by atoms with E-state index in [0.29, 0.717) is 19.1 Å². The van der Waals surface area contributed by atoms with Gasteiger partial charge in [-0.15, -0.1) is 0 Å². The van der Waals surface area contributed by atoms with Crippen LogP contribution in [0.2, 0.25) is 0 Å². The predicted molar refractivity (Wildman–Crippen MR) is 67.8 cm³/mol. The van der Waals surface area contributed by atoms with Crippen LogP contribution in [0.5, 0.6) is 5.88 Å². The van der Waals surface area contributed by atoms with Gasteiger partial charge >= 0.3 is 5.69 Å². The minimum Gasteiger partial charge on any atom is -0.473 e. The molecule has 0 saturated heterocycles. The highest BCUT2D eigenvalue weighted by Crippen LogP contribution is 2.30. The zero-order valence-electron chi connectivity index (χ0n) is 10.8. The molecule has 1 N–H and O–H groups in total. The third-order valence-electron chi connectivity index (χ3n) is 2.27. The maximum atomic E-state index is 11.0. The second kappa shape index (κ2) is 6.73. The molecule has 7 nitrogen and oxygen atoms in total. The van der Waals surface area contributed by atoms with Crippen molar-refractivity contribution >= 4 is 11.5 Å². The molecule has 0 amide bonds. The van der Waals surface area contributed by atoms with Gasteiger partial charge in [0.15, 0.2) is 0 Å². The molecule has 0 fully saturated rings. The highest BCUT2D eigenvalue weighted by atomic mass is 16.6. The number of anilines is 1. The number of aromatic nitrogens is 2. The van der Waals surface area contributed by atoms with Gasteiger partial charge in [0.25, 0.3) is 5.88 Å². The van der Waals surface area contributed by atoms with Crippen LogP contribution >= 0.6 is 0 Å². The number of hydrogen-bond acceptors (Lipinski definition) is 6. The van der Waals surface area contributed by atoms with Crippen molar-refractivity contribution in [2.45, 2.75) is 27.2 Å². The van der Waals surface area contributed by atoms with Crippen molar-refractivity contribution in [1.29, 1.82) is 0 Å². The summed E-state index contributed by atoms with van der Waals surface area (Å²) in [6, 6.07) is 0. The molecule has 0 aromatic carbocycles. The molecule has 0 spiro atoms. The van der Waals surface area contributed by atoms with Gasteiger partial charge in [-0.2, -0.15) is 4.98 Å². The number of nitrogens with one attached hydrogen (secondary N) is 1. The smallest absolute Gasteiger partial charge is 0.372 e. The van der Waals surface area contributed by atoms with Crippen LogP contribution in [0.3, 0.4) is 0 Å². The largest absolute Gasteiger partial charge is 0.473 e. The average Bonchev–Trinajstić information content (AvgIpc) is 2.28. The van der Waals surface area contributed by atoms with Crippen LogP contribution < -0.4 is 10.1 Å². The summed E-state index contributed by atoms with van der Waals surface area (Å²) in [6.07, 6.45) is 2.17. The second-order valence-electron chi connectivity index (χ2n) is 4.18. The quantitative estimate of drug-likeness (QED) is 0.592. The van der Waals surface area contributed by atoms with E-state index >= 15 is 0 Å². The Hall–Kier alpha value is -1.92. The summed E-state index contributed by atoms with van der Waals surface area (Å²) in [5.74, 6) is 0.730. The van der Waals surface area contributed by atoms with Gasteiger partial charge in [0.05, 0.1) is 11.5 Å². The number of nitro groups is 1. The van der Waals surface area contributed by atoms with E-state index in [2.05, 4.69) is 29.1 Å². The molecule has 0 aliphatic carbocycles. The van der Waals surface area contributed by atoms with Crippen LogP contribution in [0, 0.1) is 16.0 Å². The van der Waals surface area contributed by atoms with Crippen molar-refractivity contribution in [2.75, 3.05) is 18.5 Å². The standard InChI is InChI=1S/C11H18N4O3/c1-4-18-11-9(15(16)17)10(13-7-14-11)12-6-5-8(2)3/h7-8H,4-6H2,1-3H3,(H,12,13,14). The molecule has 1 heterocycles. The van der Waals surface area contributed by atoms with Crippen LogP contribution in [0.15, 0.2) is 6.33 Å². The number of nitrogens with zero attached hydrogens (tertiary/aromatic N) is 3. The monoisotopic (exact) mass is 254 g/mol. The molecule has 0 aliphatic heterocycles. The normalized spacial score (nSPS) is 10.4. The van der Waals surface area contributed by atoms with Gasteiger partial charge in [-0.1, -0.05) is 13.8 Å². The summed E-state index contributed by atoms with van der Waals surface area (Å²) < 4.78 is 5.13. The molecule has 0 unspecified atom stereocenters. The van der Waals surface area contributed by atoms with E-state index in [0.717, 1.165) is 6.42 Å². The molecule has 0 radical (unpaired) electrons. The molecule has 1 aromatic heterocycles. The van der Waals surface area contributed by atoms with Gasteiger partial charge in [-0.05, 0) is 19.3 Å². The molecule has 0 bridgehead atoms. The van der Waals surface area contributed by atoms with Gasteiger partial charge in [0.1, 0.15) is 6.33 Å². The highest BCUT2D eigenvalue weighted by Gasteiger charge is 2.23. The highest BCUT2D eigenvalue weighted by molar-refractivity contribution is 5.61. The molecule has 0 saturated carbocycles. The van der Waals surface area contributed by atoms with Crippen LogP contribution in [0.1, 0.15) is 27.2 Å². The Morgan fingerprint density at radius 2 is 2.22 bits per heavy atom. The zero-order chi connectivity index (χ0) is 13.5. The minimum absolute atomic E-state index is 0.00421. The summed E-state index contributed by atoms with van der Waals surface area (Å²) in [6.45, 7) is 6.87. The second-order valence-corrected chi connectivity index (χ2v) is 4.18. The molecular weight excluding hydrogens is 236 g/mol. The SMILES string of the molecule is CCOc1ncnc(NCCC(C)C)c1[N+](=O)[O-]. The van der Waals surface area contributed by atoms with E-state index < -0.39 is 4.92 Å². The minimum atomic E-state index is -0.525. The molecular formula is C11H18N4O3. The Morgan fingerprint density at radius 3 is 2.78 bits per heavy atom. The Morgan fingerprint density at radius 1 is 1.50 bits per heavy atom. The maximum Gasteiger partial charge on any atom is 0.372 e. The van der Waals surface area contributed by atoms with Crippen molar-refractivity contribution in [1.82, 2.24) is 9.97 Å². The van der Waals surface area contributed by atoms with Crippen molar-refractivity contribution in [2.24, 2.45) is 5.92 Å². The van der Waals surface area contributed by atoms with Gasteiger partial charge in [-0.25, -0.2) is 4.98 Å². The Bertz CT molecular complexity index is 409. The number of ether oxygens (including phenoxy) is 1. The van der Waals surface area contributed by atoms with E-state index in [-0.39, 0.29) is 17.4 Å². The molecule has 0 aliphatic rings. The van der Waals surface area contributed by atoms with Gasteiger partial charge in [0, 0.05) is 6.54 Å². The van der Waals surface area contributed by atoms with Gasteiger partial charge < -0.3 is 10.1 Å². The molecule has 100 valence electrons. The van der Waals surface area contributed by atoms with Crippen molar-refractivity contribution < 1.29 is 9.66 Å². The summed E-state index contributed by atoms with van der Waals surface area (Å²) in [5.41, 5.74) is -0.205. The lowest BCUT2D eigenvalue weighted by Gasteiger charge is -2.09. The van der Waals surface area contributed by atoms with Crippen molar-refractivity contribution in [3.05, 3.63) is 16.4 Å². The van der Waals surface area contributed by atoms with E-state index in [1.807, 2.05) is 0 Å². The predicted octanol–water partition coefficient (Wildman–Crippen LogP) is 2.24. The zero-order valence-corrected chi connectivity index (χ0v) is 10.8. The molecule has 7 heteroatoms. The van der Waals surface area contributed by atoms with Crippen LogP contribution in [-0.4, -0.2) is 28.0 Å².